The molecule has 1 heterocycles. The van der Waals surface area contributed by atoms with Gasteiger partial charge in [0.25, 0.3) is 0 Å². The second-order valence-electron chi connectivity index (χ2n) is 6.83. The highest BCUT2D eigenvalue weighted by Crippen LogP contribution is 2.45. The molecule has 0 aromatic heterocycles. The van der Waals surface area contributed by atoms with Gasteiger partial charge in [0.2, 0.25) is 0 Å². The van der Waals surface area contributed by atoms with Gasteiger partial charge in [-0.25, -0.2) is 0 Å². The van der Waals surface area contributed by atoms with Crippen LogP contribution >= 0.6 is 0 Å². The summed E-state index contributed by atoms with van der Waals surface area (Å²) in [7, 11) is 0. The number of carbonyl (C=O) groups excluding carboxylic acids is 1. The van der Waals surface area contributed by atoms with Crippen molar-refractivity contribution >= 4 is 5.78 Å². The van der Waals surface area contributed by atoms with E-state index in [4.69, 9.17) is 0 Å². The molecule has 2 fully saturated rings. The predicted molar refractivity (Wildman–Crippen MR) is 92.4 cm³/mol. The van der Waals surface area contributed by atoms with Crippen LogP contribution in [0.4, 0.5) is 0 Å². The molecule has 4 rings (SSSR count). The van der Waals surface area contributed by atoms with Gasteiger partial charge in [-0.3, -0.25) is 9.69 Å². The molecule has 2 atom stereocenters. The SMILES string of the molecule is O=C(c1ccccc1)[C@H]1CN(C2CCCC2)[C@@H]1c1ccccc1. The molecule has 1 aliphatic heterocycles. The van der Waals surface area contributed by atoms with E-state index in [9.17, 15) is 4.79 Å². The van der Waals surface area contributed by atoms with E-state index in [2.05, 4.69) is 35.2 Å². The molecule has 23 heavy (non-hydrogen) atoms. The van der Waals surface area contributed by atoms with Crippen molar-refractivity contribution in [1.82, 2.24) is 4.90 Å². The third-order valence-electron chi connectivity index (χ3n) is 5.48. The molecule has 1 saturated heterocycles. The van der Waals surface area contributed by atoms with Crippen molar-refractivity contribution in [2.75, 3.05) is 6.54 Å². The van der Waals surface area contributed by atoms with Crippen LogP contribution in [0.3, 0.4) is 0 Å². The summed E-state index contributed by atoms with van der Waals surface area (Å²) in [4.78, 5) is 15.5. The quantitative estimate of drug-likeness (QED) is 0.776. The second-order valence-corrected chi connectivity index (χ2v) is 6.83. The highest BCUT2D eigenvalue weighted by atomic mass is 16.1. The molecule has 0 spiro atoms. The lowest BCUT2D eigenvalue weighted by atomic mass is 9.77. The number of Topliss-reactive ketones (excluding diaryl/α,β-unsaturated/α-hetero) is 1. The van der Waals surface area contributed by atoms with E-state index >= 15 is 0 Å². The molecular weight excluding hydrogens is 282 g/mol. The fraction of sp³-hybridized carbons (Fsp3) is 0.381. The molecule has 0 amide bonds. The zero-order chi connectivity index (χ0) is 15.6. The van der Waals surface area contributed by atoms with Gasteiger partial charge in [0, 0.05) is 24.2 Å². The summed E-state index contributed by atoms with van der Waals surface area (Å²) >= 11 is 0. The van der Waals surface area contributed by atoms with Crippen LogP contribution in [0.2, 0.25) is 0 Å². The maximum atomic E-state index is 12.9. The maximum absolute atomic E-state index is 12.9. The third kappa shape index (κ3) is 2.72. The number of nitrogens with zero attached hydrogens (tertiary/aromatic N) is 1. The molecule has 2 aromatic carbocycles. The highest BCUT2D eigenvalue weighted by Gasteiger charge is 2.47. The first kappa shape index (κ1) is 14.6. The number of rotatable bonds is 4. The van der Waals surface area contributed by atoms with Crippen molar-refractivity contribution in [3.63, 3.8) is 0 Å². The first-order valence-corrected chi connectivity index (χ1v) is 8.74. The van der Waals surface area contributed by atoms with Gasteiger partial charge in [-0.2, -0.15) is 0 Å². The molecule has 2 aromatic rings. The van der Waals surface area contributed by atoms with Crippen LogP contribution in [0.5, 0.6) is 0 Å². The van der Waals surface area contributed by atoms with Crippen LogP contribution in [-0.4, -0.2) is 23.3 Å². The van der Waals surface area contributed by atoms with Gasteiger partial charge in [0.05, 0.1) is 5.92 Å². The van der Waals surface area contributed by atoms with Gasteiger partial charge in [-0.05, 0) is 18.4 Å². The van der Waals surface area contributed by atoms with Crippen molar-refractivity contribution in [3.8, 4) is 0 Å². The van der Waals surface area contributed by atoms with E-state index in [0.717, 1.165) is 12.1 Å². The van der Waals surface area contributed by atoms with Crippen molar-refractivity contribution in [2.45, 2.75) is 37.8 Å². The van der Waals surface area contributed by atoms with Crippen molar-refractivity contribution in [1.29, 1.82) is 0 Å². The molecular formula is C21H23NO. The summed E-state index contributed by atoms with van der Waals surface area (Å²) in [5.41, 5.74) is 2.14. The fourth-order valence-electron chi connectivity index (χ4n) is 4.26. The zero-order valence-electron chi connectivity index (χ0n) is 13.4. The normalized spacial score (nSPS) is 25.2. The van der Waals surface area contributed by atoms with E-state index < -0.39 is 0 Å². The van der Waals surface area contributed by atoms with Crippen LogP contribution in [0.1, 0.15) is 47.6 Å². The third-order valence-corrected chi connectivity index (χ3v) is 5.48. The Morgan fingerprint density at radius 2 is 1.48 bits per heavy atom. The van der Waals surface area contributed by atoms with Crippen LogP contribution in [-0.2, 0) is 0 Å². The molecule has 0 radical (unpaired) electrons. The summed E-state index contributed by atoms with van der Waals surface area (Å²) < 4.78 is 0. The molecule has 2 heteroatoms. The lowest BCUT2D eigenvalue weighted by Gasteiger charge is -2.51. The first-order chi connectivity index (χ1) is 11.3. The van der Waals surface area contributed by atoms with E-state index in [1.165, 1.54) is 31.2 Å². The van der Waals surface area contributed by atoms with Gasteiger partial charge in [0.1, 0.15) is 0 Å². The molecule has 118 valence electrons. The average Bonchev–Trinajstić information content (AvgIpc) is 3.10. The summed E-state index contributed by atoms with van der Waals surface area (Å²) in [6, 6.07) is 21.3. The van der Waals surface area contributed by atoms with Gasteiger partial charge in [-0.15, -0.1) is 0 Å². The minimum absolute atomic E-state index is 0.0976. The van der Waals surface area contributed by atoms with Crippen molar-refractivity contribution in [2.24, 2.45) is 5.92 Å². The minimum Gasteiger partial charge on any atom is -0.294 e. The summed E-state index contributed by atoms with van der Waals surface area (Å²) in [5.74, 6) is 0.397. The molecule has 0 bridgehead atoms. The Labute approximate surface area is 138 Å². The zero-order valence-corrected chi connectivity index (χ0v) is 13.4. The predicted octanol–water partition coefficient (Wildman–Crippen LogP) is 4.49. The summed E-state index contributed by atoms with van der Waals surface area (Å²) in [6.07, 6.45) is 5.24. The summed E-state index contributed by atoms with van der Waals surface area (Å²) in [6.45, 7) is 0.915. The lowest BCUT2D eigenvalue weighted by Crippen LogP contribution is -2.56. The maximum Gasteiger partial charge on any atom is 0.169 e. The van der Waals surface area contributed by atoms with Crippen LogP contribution in [0.25, 0.3) is 0 Å². The number of benzene rings is 2. The minimum atomic E-state index is 0.0976. The Balaban J connectivity index is 1.61. The van der Waals surface area contributed by atoms with Gasteiger partial charge in [0.15, 0.2) is 5.78 Å². The topological polar surface area (TPSA) is 20.3 Å². The van der Waals surface area contributed by atoms with E-state index in [0.29, 0.717) is 11.8 Å². The van der Waals surface area contributed by atoms with Crippen LogP contribution in [0, 0.1) is 5.92 Å². The van der Waals surface area contributed by atoms with E-state index in [1.807, 2.05) is 30.3 Å². The summed E-state index contributed by atoms with van der Waals surface area (Å²) in [5, 5.41) is 0. The van der Waals surface area contributed by atoms with Gasteiger partial charge < -0.3 is 0 Å². The second kappa shape index (κ2) is 6.29. The Hall–Kier alpha value is -1.93. The Morgan fingerprint density at radius 1 is 0.870 bits per heavy atom. The van der Waals surface area contributed by atoms with E-state index in [-0.39, 0.29) is 12.0 Å². The molecule has 0 N–H and O–H groups in total. The van der Waals surface area contributed by atoms with E-state index in [1.54, 1.807) is 0 Å². The molecule has 2 aliphatic rings. The van der Waals surface area contributed by atoms with Gasteiger partial charge >= 0.3 is 0 Å². The van der Waals surface area contributed by atoms with Crippen molar-refractivity contribution < 1.29 is 4.79 Å². The number of carbonyl (C=O) groups is 1. The average molecular weight is 305 g/mol. The number of likely N-dealkylation sites (tertiary alicyclic amines) is 1. The number of ketones is 1. The standard InChI is InChI=1S/C21H23NO/c23-21(17-11-5-2-6-12-17)19-15-22(18-13-7-8-14-18)20(19)16-9-3-1-4-10-16/h1-6,9-12,18-20H,7-8,13-15H2/t19-,20+/m0/s1. The number of hydrogen-bond donors (Lipinski definition) is 0. The molecule has 1 aliphatic carbocycles. The fourth-order valence-corrected chi connectivity index (χ4v) is 4.26. The molecule has 2 nitrogen and oxygen atoms in total. The number of hydrogen-bond acceptors (Lipinski definition) is 2. The molecule has 1 saturated carbocycles. The smallest absolute Gasteiger partial charge is 0.169 e. The Kier molecular flexibility index (Phi) is 4.00. The van der Waals surface area contributed by atoms with Gasteiger partial charge in [-0.1, -0.05) is 73.5 Å². The first-order valence-electron chi connectivity index (χ1n) is 8.74. The Bertz CT molecular complexity index is 661. The van der Waals surface area contributed by atoms with Crippen LogP contribution < -0.4 is 0 Å². The van der Waals surface area contributed by atoms with Crippen molar-refractivity contribution in [3.05, 3.63) is 71.8 Å². The monoisotopic (exact) mass is 305 g/mol. The highest BCUT2D eigenvalue weighted by molar-refractivity contribution is 5.99. The largest absolute Gasteiger partial charge is 0.294 e. The molecule has 0 unspecified atom stereocenters. The van der Waals surface area contributed by atoms with Crippen LogP contribution in [0.15, 0.2) is 60.7 Å². The Morgan fingerprint density at radius 3 is 2.13 bits per heavy atom. The lowest BCUT2D eigenvalue weighted by molar-refractivity contribution is -0.0126.